The average molecular weight is 376 g/mol. The SMILES string of the molecule is Cc1sc(Br)cc1S(=O)(=O)N1CCC[C@@H](N)C1.Cl. The van der Waals surface area contributed by atoms with E-state index in [-0.39, 0.29) is 18.4 Å². The zero-order valence-corrected chi connectivity index (χ0v) is 14.0. The summed E-state index contributed by atoms with van der Waals surface area (Å²) in [7, 11) is -3.37. The Morgan fingerprint density at radius 2 is 2.22 bits per heavy atom. The molecule has 8 heteroatoms. The van der Waals surface area contributed by atoms with Gasteiger partial charge < -0.3 is 5.73 Å². The fourth-order valence-electron chi connectivity index (χ4n) is 2.02. The van der Waals surface area contributed by atoms with Crippen LogP contribution in [0.2, 0.25) is 0 Å². The summed E-state index contributed by atoms with van der Waals surface area (Å²) in [6.45, 7) is 2.82. The van der Waals surface area contributed by atoms with Gasteiger partial charge in [0.25, 0.3) is 0 Å². The Morgan fingerprint density at radius 1 is 1.56 bits per heavy atom. The minimum atomic E-state index is -3.37. The molecule has 104 valence electrons. The number of hydrogen-bond acceptors (Lipinski definition) is 4. The minimum absolute atomic E-state index is 0. The number of hydrogen-bond donors (Lipinski definition) is 1. The third-order valence-corrected chi connectivity index (χ3v) is 6.55. The topological polar surface area (TPSA) is 63.4 Å². The molecule has 0 saturated carbocycles. The van der Waals surface area contributed by atoms with Gasteiger partial charge in [-0.15, -0.1) is 23.7 Å². The molecule has 2 N–H and O–H groups in total. The normalized spacial score (nSPS) is 21.6. The third-order valence-electron chi connectivity index (χ3n) is 2.88. The van der Waals surface area contributed by atoms with Crippen LogP contribution in [0.25, 0.3) is 0 Å². The van der Waals surface area contributed by atoms with Crippen molar-refractivity contribution >= 4 is 49.7 Å². The van der Waals surface area contributed by atoms with Gasteiger partial charge >= 0.3 is 0 Å². The molecule has 0 radical (unpaired) electrons. The lowest BCUT2D eigenvalue weighted by atomic mass is 10.1. The van der Waals surface area contributed by atoms with Gasteiger partial charge in [0.1, 0.15) is 0 Å². The summed E-state index contributed by atoms with van der Waals surface area (Å²) < 4.78 is 27.2. The highest BCUT2D eigenvalue weighted by Gasteiger charge is 2.30. The van der Waals surface area contributed by atoms with Gasteiger partial charge in [-0.25, -0.2) is 8.42 Å². The summed E-state index contributed by atoms with van der Waals surface area (Å²) in [5.41, 5.74) is 5.83. The van der Waals surface area contributed by atoms with Crippen LogP contribution in [-0.4, -0.2) is 31.9 Å². The molecule has 2 rings (SSSR count). The lowest BCUT2D eigenvalue weighted by Crippen LogP contribution is -2.45. The van der Waals surface area contributed by atoms with E-state index in [4.69, 9.17) is 5.73 Å². The Morgan fingerprint density at radius 3 is 2.72 bits per heavy atom. The molecule has 18 heavy (non-hydrogen) atoms. The molecule has 1 atom stereocenters. The maximum atomic E-state index is 12.4. The number of nitrogens with two attached hydrogens (primary N) is 1. The smallest absolute Gasteiger partial charge is 0.244 e. The highest BCUT2D eigenvalue weighted by atomic mass is 79.9. The summed E-state index contributed by atoms with van der Waals surface area (Å²) in [5, 5.41) is 0. The van der Waals surface area contributed by atoms with E-state index in [0.717, 1.165) is 21.5 Å². The second kappa shape index (κ2) is 6.19. The lowest BCUT2D eigenvalue weighted by molar-refractivity contribution is 0.316. The molecule has 0 aliphatic carbocycles. The molecule has 0 unspecified atom stereocenters. The molecule has 1 saturated heterocycles. The zero-order valence-electron chi connectivity index (χ0n) is 9.93. The second-order valence-electron chi connectivity index (χ2n) is 4.24. The molecule has 1 aromatic heterocycles. The van der Waals surface area contributed by atoms with E-state index in [1.807, 2.05) is 6.92 Å². The van der Waals surface area contributed by atoms with Gasteiger partial charge in [0, 0.05) is 24.0 Å². The zero-order chi connectivity index (χ0) is 12.6. The molecule has 0 bridgehead atoms. The van der Waals surface area contributed by atoms with Gasteiger partial charge in [-0.2, -0.15) is 4.31 Å². The van der Waals surface area contributed by atoms with Crippen LogP contribution in [0.4, 0.5) is 0 Å². The Kier molecular flexibility index (Phi) is 5.64. The molecular formula is C10H16BrClN2O2S2. The first-order valence-corrected chi connectivity index (χ1v) is 8.48. The lowest BCUT2D eigenvalue weighted by Gasteiger charge is -2.29. The van der Waals surface area contributed by atoms with Gasteiger partial charge in [0.15, 0.2) is 0 Å². The van der Waals surface area contributed by atoms with E-state index in [9.17, 15) is 8.42 Å². The van der Waals surface area contributed by atoms with Crippen LogP contribution in [0.5, 0.6) is 0 Å². The van der Waals surface area contributed by atoms with Gasteiger partial charge in [-0.05, 0) is 41.8 Å². The van der Waals surface area contributed by atoms with Crippen molar-refractivity contribution in [3.8, 4) is 0 Å². The fraction of sp³-hybridized carbons (Fsp3) is 0.600. The van der Waals surface area contributed by atoms with E-state index in [1.165, 1.54) is 15.6 Å². The van der Waals surface area contributed by atoms with E-state index >= 15 is 0 Å². The molecule has 2 heterocycles. The predicted octanol–water partition coefficient (Wildman–Crippen LogP) is 2.35. The number of sulfonamides is 1. The molecule has 1 aliphatic heterocycles. The van der Waals surface area contributed by atoms with Crippen molar-refractivity contribution in [3.63, 3.8) is 0 Å². The first-order valence-electron chi connectivity index (χ1n) is 5.43. The van der Waals surface area contributed by atoms with Gasteiger partial charge in [0.2, 0.25) is 10.0 Å². The number of halogens is 2. The van der Waals surface area contributed by atoms with E-state index in [2.05, 4.69) is 15.9 Å². The average Bonchev–Trinajstić information content (AvgIpc) is 2.58. The van der Waals surface area contributed by atoms with Crippen molar-refractivity contribution in [1.82, 2.24) is 4.31 Å². The quantitative estimate of drug-likeness (QED) is 0.863. The van der Waals surface area contributed by atoms with Crippen molar-refractivity contribution in [2.75, 3.05) is 13.1 Å². The molecule has 0 spiro atoms. The fourth-order valence-corrected chi connectivity index (χ4v) is 5.94. The van der Waals surface area contributed by atoms with Gasteiger partial charge in [-0.1, -0.05) is 0 Å². The highest BCUT2D eigenvalue weighted by molar-refractivity contribution is 9.11. The monoisotopic (exact) mass is 374 g/mol. The van der Waals surface area contributed by atoms with Crippen LogP contribution in [0, 0.1) is 6.92 Å². The summed E-state index contributed by atoms with van der Waals surface area (Å²) in [6, 6.07) is 1.64. The molecule has 0 aromatic carbocycles. The number of aryl methyl sites for hydroxylation is 1. The molecule has 4 nitrogen and oxygen atoms in total. The number of rotatable bonds is 2. The number of nitrogens with zero attached hydrogens (tertiary/aromatic N) is 1. The molecular weight excluding hydrogens is 360 g/mol. The maximum Gasteiger partial charge on any atom is 0.244 e. The Hall–Kier alpha value is 0.340. The van der Waals surface area contributed by atoms with Crippen molar-refractivity contribution in [2.45, 2.75) is 30.7 Å². The summed E-state index contributed by atoms with van der Waals surface area (Å²) in [4.78, 5) is 1.22. The molecule has 0 amide bonds. The van der Waals surface area contributed by atoms with E-state index in [0.29, 0.717) is 18.0 Å². The number of piperidine rings is 1. The van der Waals surface area contributed by atoms with Gasteiger partial charge in [-0.3, -0.25) is 0 Å². The van der Waals surface area contributed by atoms with Gasteiger partial charge in [0.05, 0.1) is 8.68 Å². The van der Waals surface area contributed by atoms with E-state index < -0.39 is 10.0 Å². The van der Waals surface area contributed by atoms with Crippen LogP contribution < -0.4 is 5.73 Å². The Labute approximate surface area is 126 Å². The largest absolute Gasteiger partial charge is 0.327 e. The first kappa shape index (κ1) is 16.4. The first-order chi connectivity index (χ1) is 7.91. The predicted molar refractivity (Wildman–Crippen MR) is 80.0 cm³/mol. The summed E-state index contributed by atoms with van der Waals surface area (Å²) in [5.74, 6) is 0. The van der Waals surface area contributed by atoms with Crippen LogP contribution in [0.1, 0.15) is 17.7 Å². The minimum Gasteiger partial charge on any atom is -0.327 e. The highest BCUT2D eigenvalue weighted by Crippen LogP contribution is 2.32. The van der Waals surface area contributed by atoms with Crippen molar-refractivity contribution in [1.29, 1.82) is 0 Å². The Balaban J connectivity index is 0.00000162. The molecule has 1 fully saturated rings. The molecule has 1 aliphatic rings. The molecule has 1 aromatic rings. The summed E-state index contributed by atoms with van der Waals surface area (Å²) in [6.07, 6.45) is 1.74. The standard InChI is InChI=1S/C10H15BrN2O2S2.ClH/c1-7-9(5-10(11)16-7)17(14,15)13-4-2-3-8(12)6-13;/h5,8H,2-4,6,12H2,1H3;1H/t8-;/m1./s1. The third kappa shape index (κ3) is 3.26. The van der Waals surface area contributed by atoms with Crippen molar-refractivity contribution in [2.24, 2.45) is 5.73 Å². The second-order valence-corrected chi connectivity index (χ2v) is 8.78. The van der Waals surface area contributed by atoms with Crippen molar-refractivity contribution in [3.05, 3.63) is 14.7 Å². The number of thiophene rings is 1. The van der Waals surface area contributed by atoms with Crippen LogP contribution in [0.3, 0.4) is 0 Å². The van der Waals surface area contributed by atoms with Crippen molar-refractivity contribution < 1.29 is 8.42 Å². The van der Waals surface area contributed by atoms with Crippen LogP contribution in [-0.2, 0) is 10.0 Å². The van der Waals surface area contributed by atoms with Crippen LogP contribution >= 0.6 is 39.7 Å². The van der Waals surface area contributed by atoms with E-state index in [1.54, 1.807) is 6.07 Å². The maximum absolute atomic E-state index is 12.4. The van der Waals surface area contributed by atoms with Crippen LogP contribution in [0.15, 0.2) is 14.7 Å². The summed E-state index contributed by atoms with van der Waals surface area (Å²) >= 11 is 4.76. The Bertz CT molecular complexity index is 518.